The van der Waals surface area contributed by atoms with Crippen molar-refractivity contribution in [3.63, 3.8) is 0 Å². The molecule has 0 aromatic carbocycles. The van der Waals surface area contributed by atoms with Gasteiger partial charge in [0.25, 0.3) is 0 Å². The Hall–Kier alpha value is -0.650. The fourth-order valence-electron chi connectivity index (χ4n) is 1.64. The third-order valence-corrected chi connectivity index (χ3v) is 2.69. The summed E-state index contributed by atoms with van der Waals surface area (Å²) in [5.74, 6) is -0.0761. The highest BCUT2D eigenvalue weighted by Crippen LogP contribution is 2.19. The van der Waals surface area contributed by atoms with Crippen LogP contribution in [0.3, 0.4) is 0 Å². The highest BCUT2D eigenvalue weighted by molar-refractivity contribution is 5.76. The fourth-order valence-corrected chi connectivity index (χ4v) is 1.64. The van der Waals surface area contributed by atoms with Crippen molar-refractivity contribution in [1.29, 1.82) is 0 Å². The highest BCUT2D eigenvalue weighted by Gasteiger charge is 2.33. The van der Waals surface area contributed by atoms with E-state index in [1.165, 1.54) is 0 Å². The molecule has 15 heavy (non-hydrogen) atoms. The molecule has 0 spiro atoms. The van der Waals surface area contributed by atoms with Gasteiger partial charge in [0, 0.05) is 26.7 Å². The molecule has 2 N–H and O–H groups in total. The van der Waals surface area contributed by atoms with Crippen molar-refractivity contribution >= 4 is 5.91 Å². The van der Waals surface area contributed by atoms with Crippen molar-refractivity contribution in [2.24, 2.45) is 0 Å². The molecule has 1 aliphatic rings. The molecule has 0 unspecified atom stereocenters. The van der Waals surface area contributed by atoms with Gasteiger partial charge in [-0.25, -0.2) is 0 Å². The Bertz CT molecular complexity index is 202. The van der Waals surface area contributed by atoms with Gasteiger partial charge in [-0.15, -0.1) is 0 Å². The molecule has 1 heterocycles. The number of hydrogen-bond acceptors (Lipinski definition) is 4. The second kappa shape index (κ2) is 6.05. The van der Waals surface area contributed by atoms with Crippen LogP contribution in [0.1, 0.15) is 19.3 Å². The number of methoxy groups -OCH3 is 1. The van der Waals surface area contributed by atoms with Crippen LogP contribution in [-0.2, 0) is 14.3 Å². The molecule has 0 atom stereocenters. The smallest absolute Gasteiger partial charge is 0.222 e. The van der Waals surface area contributed by atoms with Crippen LogP contribution in [0, 0.1) is 0 Å². The number of ether oxygens (including phenoxy) is 2. The van der Waals surface area contributed by atoms with Crippen LogP contribution in [0.4, 0.5) is 0 Å². The van der Waals surface area contributed by atoms with Crippen molar-refractivity contribution < 1.29 is 19.4 Å². The number of aliphatic hydroxyl groups is 1. The van der Waals surface area contributed by atoms with Crippen LogP contribution in [0.5, 0.6) is 0 Å². The molecule has 0 radical (unpaired) electrons. The van der Waals surface area contributed by atoms with Crippen LogP contribution >= 0.6 is 0 Å². The maximum atomic E-state index is 11.5. The summed E-state index contributed by atoms with van der Waals surface area (Å²) in [4.78, 5) is 11.5. The van der Waals surface area contributed by atoms with Gasteiger partial charge in [-0.2, -0.15) is 0 Å². The SMILES string of the molecule is COCCC(=O)NC1(CO)CCOCC1. The first-order valence-electron chi connectivity index (χ1n) is 5.21. The molecule has 1 fully saturated rings. The Kier molecular flexibility index (Phi) is 5.01. The second-order valence-electron chi connectivity index (χ2n) is 3.84. The van der Waals surface area contributed by atoms with Gasteiger partial charge in [0.1, 0.15) is 0 Å². The molecule has 88 valence electrons. The minimum absolute atomic E-state index is 0.0327. The zero-order valence-electron chi connectivity index (χ0n) is 9.12. The summed E-state index contributed by atoms with van der Waals surface area (Å²) in [6.07, 6.45) is 1.67. The molecule has 1 rings (SSSR count). The summed E-state index contributed by atoms with van der Waals surface area (Å²) in [5, 5.41) is 12.2. The first-order valence-corrected chi connectivity index (χ1v) is 5.21. The molecule has 1 aliphatic heterocycles. The standard InChI is InChI=1S/C10H19NO4/c1-14-5-2-9(13)11-10(8-12)3-6-15-7-4-10/h12H,2-8H2,1H3,(H,11,13). The quantitative estimate of drug-likeness (QED) is 0.662. The van der Waals surface area contributed by atoms with Crippen LogP contribution in [0.2, 0.25) is 0 Å². The molecular weight excluding hydrogens is 198 g/mol. The lowest BCUT2D eigenvalue weighted by atomic mass is 9.91. The van der Waals surface area contributed by atoms with E-state index in [9.17, 15) is 9.90 Å². The zero-order valence-corrected chi connectivity index (χ0v) is 9.12. The lowest BCUT2D eigenvalue weighted by Gasteiger charge is -2.36. The second-order valence-corrected chi connectivity index (χ2v) is 3.84. The Labute approximate surface area is 89.8 Å². The van der Waals surface area contributed by atoms with Gasteiger partial charge in [0.2, 0.25) is 5.91 Å². The van der Waals surface area contributed by atoms with E-state index in [0.29, 0.717) is 39.1 Å². The molecule has 0 aromatic heterocycles. The average molecular weight is 217 g/mol. The molecule has 5 nitrogen and oxygen atoms in total. The summed E-state index contributed by atoms with van der Waals surface area (Å²) in [6, 6.07) is 0. The Balaban J connectivity index is 2.40. The molecule has 0 bridgehead atoms. The number of amides is 1. The lowest BCUT2D eigenvalue weighted by Crippen LogP contribution is -2.54. The zero-order chi connectivity index (χ0) is 11.1. The van der Waals surface area contributed by atoms with Gasteiger partial charge >= 0.3 is 0 Å². The van der Waals surface area contributed by atoms with E-state index < -0.39 is 5.54 Å². The number of carbonyl (C=O) groups excluding carboxylic acids is 1. The molecule has 1 amide bonds. The summed E-state index contributed by atoms with van der Waals surface area (Å²) in [6.45, 7) is 1.55. The van der Waals surface area contributed by atoms with Crippen molar-refractivity contribution in [2.75, 3.05) is 33.5 Å². The summed E-state index contributed by atoms with van der Waals surface area (Å²) >= 11 is 0. The van der Waals surface area contributed by atoms with Gasteiger partial charge in [0.15, 0.2) is 0 Å². The Morgan fingerprint density at radius 3 is 2.73 bits per heavy atom. The summed E-state index contributed by atoms with van der Waals surface area (Å²) in [5.41, 5.74) is -0.483. The first kappa shape index (κ1) is 12.4. The predicted octanol–water partition coefficient (Wildman–Crippen LogP) is -0.319. The van der Waals surface area contributed by atoms with E-state index in [1.54, 1.807) is 7.11 Å². The predicted molar refractivity (Wildman–Crippen MR) is 54.5 cm³/mol. The number of rotatable bonds is 5. The highest BCUT2D eigenvalue weighted by atomic mass is 16.5. The van der Waals surface area contributed by atoms with Crippen molar-refractivity contribution in [1.82, 2.24) is 5.32 Å². The van der Waals surface area contributed by atoms with Crippen LogP contribution in [-0.4, -0.2) is 50.1 Å². The number of hydrogen-bond donors (Lipinski definition) is 2. The van der Waals surface area contributed by atoms with E-state index in [4.69, 9.17) is 9.47 Å². The van der Waals surface area contributed by atoms with E-state index in [0.717, 1.165) is 0 Å². The van der Waals surface area contributed by atoms with E-state index in [2.05, 4.69) is 5.32 Å². The van der Waals surface area contributed by atoms with E-state index in [-0.39, 0.29) is 12.5 Å². The topological polar surface area (TPSA) is 67.8 Å². The Morgan fingerprint density at radius 1 is 1.53 bits per heavy atom. The number of nitrogens with one attached hydrogen (secondary N) is 1. The van der Waals surface area contributed by atoms with Crippen LogP contribution < -0.4 is 5.32 Å². The average Bonchev–Trinajstić information content (AvgIpc) is 2.27. The van der Waals surface area contributed by atoms with Gasteiger partial charge in [-0.3, -0.25) is 4.79 Å². The third kappa shape index (κ3) is 3.77. The third-order valence-electron chi connectivity index (χ3n) is 2.69. The lowest BCUT2D eigenvalue weighted by molar-refractivity contribution is -0.126. The van der Waals surface area contributed by atoms with Crippen LogP contribution in [0.25, 0.3) is 0 Å². The van der Waals surface area contributed by atoms with E-state index >= 15 is 0 Å². The molecule has 0 saturated carbocycles. The summed E-state index contributed by atoms with van der Waals surface area (Å²) in [7, 11) is 1.56. The maximum Gasteiger partial charge on any atom is 0.222 e. The number of aliphatic hydroxyl groups excluding tert-OH is 1. The minimum atomic E-state index is -0.483. The molecular formula is C10H19NO4. The maximum absolute atomic E-state index is 11.5. The molecule has 0 aromatic rings. The fraction of sp³-hybridized carbons (Fsp3) is 0.900. The van der Waals surface area contributed by atoms with E-state index in [1.807, 2.05) is 0 Å². The van der Waals surface area contributed by atoms with Gasteiger partial charge < -0.3 is 19.9 Å². The first-order chi connectivity index (χ1) is 7.22. The molecule has 1 saturated heterocycles. The molecule has 5 heteroatoms. The van der Waals surface area contributed by atoms with Crippen molar-refractivity contribution in [2.45, 2.75) is 24.8 Å². The Morgan fingerprint density at radius 2 is 2.20 bits per heavy atom. The molecule has 0 aliphatic carbocycles. The minimum Gasteiger partial charge on any atom is -0.394 e. The van der Waals surface area contributed by atoms with Crippen LogP contribution in [0.15, 0.2) is 0 Å². The normalized spacial score (nSPS) is 19.9. The largest absolute Gasteiger partial charge is 0.394 e. The van der Waals surface area contributed by atoms with Gasteiger partial charge in [-0.05, 0) is 12.8 Å². The summed E-state index contributed by atoms with van der Waals surface area (Å²) < 4.78 is 10.0. The number of carbonyl (C=O) groups is 1. The monoisotopic (exact) mass is 217 g/mol. The van der Waals surface area contributed by atoms with Crippen molar-refractivity contribution in [3.8, 4) is 0 Å². The van der Waals surface area contributed by atoms with Gasteiger partial charge in [-0.1, -0.05) is 0 Å². The van der Waals surface area contributed by atoms with Crippen molar-refractivity contribution in [3.05, 3.63) is 0 Å². The van der Waals surface area contributed by atoms with Gasteiger partial charge in [0.05, 0.1) is 18.8 Å².